The van der Waals surface area contributed by atoms with Gasteiger partial charge in [0.1, 0.15) is 6.04 Å². The van der Waals surface area contributed by atoms with Crippen LogP contribution in [-0.4, -0.2) is 28.8 Å². The van der Waals surface area contributed by atoms with Gasteiger partial charge in [-0.15, -0.1) is 11.8 Å². The second kappa shape index (κ2) is 8.58. The van der Waals surface area contributed by atoms with Crippen LogP contribution in [0.15, 0.2) is 35.2 Å². The molecule has 2 N–H and O–H groups in total. The third-order valence-electron chi connectivity index (χ3n) is 2.59. The fourth-order valence-electron chi connectivity index (χ4n) is 1.57. The van der Waals surface area contributed by atoms with Crippen LogP contribution in [0.4, 0.5) is 0 Å². The van der Waals surface area contributed by atoms with Crippen LogP contribution in [0.3, 0.4) is 0 Å². The number of carbonyl (C=O) groups is 2. The minimum atomic E-state index is -0.966. The van der Waals surface area contributed by atoms with Crippen molar-refractivity contribution in [2.45, 2.75) is 37.1 Å². The Morgan fingerprint density at radius 3 is 2.58 bits per heavy atom. The molecule has 1 aromatic carbocycles. The molecular formula is C14H19NO3S. The number of unbranched alkanes of at least 4 members (excludes halogenated alkanes) is 1. The van der Waals surface area contributed by atoms with E-state index in [1.54, 1.807) is 0 Å². The van der Waals surface area contributed by atoms with E-state index in [-0.39, 0.29) is 11.7 Å². The van der Waals surface area contributed by atoms with Crippen LogP contribution in [0, 0.1) is 0 Å². The molecule has 0 fully saturated rings. The number of carboxylic acids is 1. The predicted molar refractivity (Wildman–Crippen MR) is 76.3 cm³/mol. The molecular weight excluding hydrogens is 262 g/mol. The highest BCUT2D eigenvalue weighted by atomic mass is 32.2. The molecule has 0 spiro atoms. The van der Waals surface area contributed by atoms with E-state index >= 15 is 0 Å². The van der Waals surface area contributed by atoms with Crippen LogP contribution in [0.25, 0.3) is 0 Å². The number of thioether (sulfide) groups is 1. The van der Waals surface area contributed by atoms with Gasteiger partial charge in [0.2, 0.25) is 5.91 Å². The summed E-state index contributed by atoms with van der Waals surface area (Å²) in [6.45, 7) is 1.99. The molecule has 1 aromatic rings. The van der Waals surface area contributed by atoms with Gasteiger partial charge >= 0.3 is 5.97 Å². The quantitative estimate of drug-likeness (QED) is 0.719. The number of carbonyl (C=O) groups excluding carboxylic acids is 1. The number of carboxylic acid groups (broad SMARTS) is 1. The summed E-state index contributed by atoms with van der Waals surface area (Å²) in [5.74, 6) is -0.969. The highest BCUT2D eigenvalue weighted by Crippen LogP contribution is 2.16. The molecule has 0 aliphatic carbocycles. The highest BCUT2D eigenvalue weighted by Gasteiger charge is 2.18. The van der Waals surface area contributed by atoms with Gasteiger partial charge in [-0.2, -0.15) is 0 Å². The smallest absolute Gasteiger partial charge is 0.326 e. The molecule has 104 valence electrons. The standard InChI is InChI=1S/C14H19NO3S/c1-2-3-9-12(14(17)18)15-13(16)10-19-11-7-5-4-6-8-11/h4-8,12H,2-3,9-10H2,1H3,(H,15,16)(H,17,18). The van der Waals surface area contributed by atoms with Gasteiger partial charge in [0, 0.05) is 4.90 Å². The lowest BCUT2D eigenvalue weighted by Gasteiger charge is -2.13. The Hall–Kier alpha value is -1.49. The third kappa shape index (κ3) is 6.29. The van der Waals surface area contributed by atoms with E-state index in [0.717, 1.165) is 17.7 Å². The number of hydrogen-bond donors (Lipinski definition) is 2. The molecule has 4 nitrogen and oxygen atoms in total. The van der Waals surface area contributed by atoms with E-state index in [9.17, 15) is 9.59 Å². The van der Waals surface area contributed by atoms with E-state index in [1.807, 2.05) is 37.3 Å². The van der Waals surface area contributed by atoms with Crippen LogP contribution in [0.1, 0.15) is 26.2 Å². The Bertz CT molecular complexity index is 408. The summed E-state index contributed by atoms with van der Waals surface area (Å²) in [7, 11) is 0. The van der Waals surface area contributed by atoms with E-state index in [2.05, 4.69) is 5.32 Å². The first-order valence-corrected chi connectivity index (χ1v) is 7.32. The van der Waals surface area contributed by atoms with Crippen LogP contribution >= 0.6 is 11.8 Å². The number of benzene rings is 1. The molecule has 1 atom stereocenters. The van der Waals surface area contributed by atoms with Crippen molar-refractivity contribution in [3.63, 3.8) is 0 Å². The topological polar surface area (TPSA) is 66.4 Å². The van der Waals surface area contributed by atoms with Crippen molar-refractivity contribution in [3.05, 3.63) is 30.3 Å². The Morgan fingerprint density at radius 2 is 2.00 bits per heavy atom. The van der Waals surface area contributed by atoms with Crippen molar-refractivity contribution >= 4 is 23.6 Å². The predicted octanol–water partition coefficient (Wildman–Crippen LogP) is 2.54. The lowest BCUT2D eigenvalue weighted by molar-refractivity contribution is -0.141. The zero-order chi connectivity index (χ0) is 14.1. The monoisotopic (exact) mass is 281 g/mol. The van der Waals surface area contributed by atoms with Crippen molar-refractivity contribution in [2.24, 2.45) is 0 Å². The Kier molecular flexibility index (Phi) is 7.03. The van der Waals surface area contributed by atoms with Crippen LogP contribution < -0.4 is 5.32 Å². The van der Waals surface area contributed by atoms with Gasteiger partial charge in [-0.3, -0.25) is 4.79 Å². The van der Waals surface area contributed by atoms with E-state index in [4.69, 9.17) is 5.11 Å². The van der Waals surface area contributed by atoms with E-state index in [1.165, 1.54) is 11.8 Å². The lowest BCUT2D eigenvalue weighted by atomic mass is 10.1. The van der Waals surface area contributed by atoms with Gasteiger partial charge in [0.05, 0.1) is 5.75 Å². The van der Waals surface area contributed by atoms with Gasteiger partial charge in [0.25, 0.3) is 0 Å². The molecule has 0 bridgehead atoms. The van der Waals surface area contributed by atoms with Gasteiger partial charge in [0.15, 0.2) is 0 Å². The van der Waals surface area contributed by atoms with E-state index in [0.29, 0.717) is 6.42 Å². The summed E-state index contributed by atoms with van der Waals surface area (Å²) < 4.78 is 0. The van der Waals surface area contributed by atoms with Crippen molar-refractivity contribution < 1.29 is 14.7 Å². The van der Waals surface area contributed by atoms with Gasteiger partial charge < -0.3 is 10.4 Å². The summed E-state index contributed by atoms with van der Waals surface area (Å²) in [6.07, 6.45) is 2.19. The SMILES string of the molecule is CCCCC(NC(=O)CSc1ccccc1)C(=O)O. The maximum Gasteiger partial charge on any atom is 0.326 e. The molecule has 0 saturated carbocycles. The zero-order valence-electron chi connectivity index (χ0n) is 11.0. The van der Waals surface area contributed by atoms with E-state index < -0.39 is 12.0 Å². The first-order chi connectivity index (χ1) is 9.13. The molecule has 1 unspecified atom stereocenters. The zero-order valence-corrected chi connectivity index (χ0v) is 11.8. The molecule has 0 saturated heterocycles. The molecule has 1 rings (SSSR count). The van der Waals surface area contributed by atoms with Crippen molar-refractivity contribution in [1.29, 1.82) is 0 Å². The van der Waals surface area contributed by atoms with Crippen LogP contribution in [-0.2, 0) is 9.59 Å². The summed E-state index contributed by atoms with van der Waals surface area (Å²) >= 11 is 1.40. The summed E-state index contributed by atoms with van der Waals surface area (Å²) in [5.41, 5.74) is 0. The van der Waals surface area contributed by atoms with Gasteiger partial charge in [-0.1, -0.05) is 38.0 Å². The first-order valence-electron chi connectivity index (χ1n) is 6.33. The maximum absolute atomic E-state index is 11.7. The van der Waals surface area contributed by atoms with Gasteiger partial charge in [-0.05, 0) is 18.6 Å². The Balaban J connectivity index is 2.38. The molecule has 19 heavy (non-hydrogen) atoms. The van der Waals surface area contributed by atoms with Crippen LogP contribution in [0.5, 0.6) is 0 Å². The summed E-state index contributed by atoms with van der Waals surface area (Å²) in [4.78, 5) is 23.7. The van der Waals surface area contributed by atoms with Crippen molar-refractivity contribution in [1.82, 2.24) is 5.32 Å². The Labute approximate surface area is 117 Å². The minimum Gasteiger partial charge on any atom is -0.480 e. The van der Waals surface area contributed by atoms with Crippen molar-refractivity contribution in [3.8, 4) is 0 Å². The Morgan fingerprint density at radius 1 is 1.32 bits per heavy atom. The molecule has 0 heterocycles. The van der Waals surface area contributed by atoms with Crippen LogP contribution in [0.2, 0.25) is 0 Å². The van der Waals surface area contributed by atoms with Crippen molar-refractivity contribution in [2.75, 3.05) is 5.75 Å². The summed E-state index contributed by atoms with van der Waals surface area (Å²) in [6, 6.07) is 8.79. The highest BCUT2D eigenvalue weighted by molar-refractivity contribution is 8.00. The minimum absolute atomic E-state index is 0.236. The normalized spacial score (nSPS) is 11.8. The third-order valence-corrected chi connectivity index (χ3v) is 3.60. The molecule has 0 aromatic heterocycles. The molecule has 0 radical (unpaired) electrons. The number of amides is 1. The fraction of sp³-hybridized carbons (Fsp3) is 0.429. The number of rotatable bonds is 8. The number of nitrogens with one attached hydrogen (secondary N) is 1. The average molecular weight is 281 g/mol. The molecule has 0 aliphatic heterocycles. The fourth-order valence-corrected chi connectivity index (χ4v) is 2.30. The molecule has 5 heteroatoms. The molecule has 1 amide bonds. The first kappa shape index (κ1) is 15.6. The molecule has 0 aliphatic rings. The average Bonchev–Trinajstić information content (AvgIpc) is 2.42. The largest absolute Gasteiger partial charge is 0.480 e. The second-order valence-electron chi connectivity index (χ2n) is 4.20. The summed E-state index contributed by atoms with van der Waals surface area (Å²) in [5, 5.41) is 11.6. The number of hydrogen-bond acceptors (Lipinski definition) is 3. The maximum atomic E-state index is 11.7. The van der Waals surface area contributed by atoms with Gasteiger partial charge in [-0.25, -0.2) is 4.79 Å². The lowest BCUT2D eigenvalue weighted by Crippen LogP contribution is -2.41. The number of aliphatic carboxylic acids is 1. The second-order valence-corrected chi connectivity index (χ2v) is 5.25.